The zero-order chi connectivity index (χ0) is 6.10. The van der Waals surface area contributed by atoms with Crippen LogP contribution in [0.2, 0.25) is 0 Å². The molecule has 2 heterocycles. The fourth-order valence-electron chi connectivity index (χ4n) is 0.668. The van der Waals surface area contributed by atoms with Gasteiger partial charge in [-0.3, -0.25) is 0 Å². The maximum absolute atomic E-state index is 3.87. The van der Waals surface area contributed by atoms with Crippen molar-refractivity contribution < 1.29 is 0 Å². The van der Waals surface area contributed by atoms with E-state index in [0.29, 0.717) is 0 Å². The summed E-state index contributed by atoms with van der Waals surface area (Å²) in [5.74, 6) is 0. The summed E-state index contributed by atoms with van der Waals surface area (Å²) in [5.41, 5.74) is 0.933. The summed E-state index contributed by atoms with van der Waals surface area (Å²) >= 11 is 1.63. The van der Waals surface area contributed by atoms with Crippen molar-refractivity contribution in [3.63, 3.8) is 0 Å². The molecule has 0 N–H and O–H groups in total. The SMILES string of the molecule is [c]1cnnc2ccsc12. The van der Waals surface area contributed by atoms with Gasteiger partial charge in [-0.25, -0.2) is 0 Å². The Morgan fingerprint density at radius 3 is 3.44 bits per heavy atom. The molecule has 43 valence electrons. The highest BCUT2D eigenvalue weighted by Crippen LogP contribution is 2.14. The number of nitrogens with zero attached hydrogens (tertiary/aromatic N) is 2. The van der Waals surface area contributed by atoms with Gasteiger partial charge >= 0.3 is 0 Å². The molecule has 0 spiro atoms. The van der Waals surface area contributed by atoms with Gasteiger partial charge in [0.15, 0.2) is 0 Å². The van der Waals surface area contributed by atoms with Crippen LogP contribution in [0.25, 0.3) is 10.2 Å². The number of hydrogen-bond donors (Lipinski definition) is 0. The third-order valence-corrected chi connectivity index (χ3v) is 1.90. The Hall–Kier alpha value is -0.960. The fraction of sp³-hybridized carbons (Fsp3) is 0. The lowest BCUT2D eigenvalue weighted by Gasteiger charge is -1.79. The molecule has 0 amide bonds. The van der Waals surface area contributed by atoms with Crippen LogP contribution in [0.1, 0.15) is 0 Å². The van der Waals surface area contributed by atoms with Crippen LogP contribution in [0, 0.1) is 6.07 Å². The normalized spacial score (nSPS) is 10.2. The first-order valence-electron chi connectivity index (χ1n) is 2.53. The van der Waals surface area contributed by atoms with Crippen molar-refractivity contribution in [1.29, 1.82) is 0 Å². The van der Waals surface area contributed by atoms with Crippen LogP contribution in [0.3, 0.4) is 0 Å². The molecule has 3 heteroatoms. The summed E-state index contributed by atoms with van der Waals surface area (Å²) in [4.78, 5) is 0. The van der Waals surface area contributed by atoms with Gasteiger partial charge < -0.3 is 0 Å². The van der Waals surface area contributed by atoms with Crippen LogP contribution in [-0.2, 0) is 0 Å². The van der Waals surface area contributed by atoms with E-state index >= 15 is 0 Å². The highest BCUT2D eigenvalue weighted by Gasteiger charge is 1.91. The monoisotopic (exact) mass is 135 g/mol. The Kier molecular flexibility index (Phi) is 0.960. The molecule has 0 atom stereocenters. The third kappa shape index (κ3) is 0.695. The molecule has 2 rings (SSSR count). The first-order chi connectivity index (χ1) is 4.47. The maximum atomic E-state index is 3.87. The van der Waals surface area contributed by atoms with Gasteiger partial charge in [-0.05, 0) is 11.4 Å². The molecular formula is C6H3N2S. The van der Waals surface area contributed by atoms with E-state index in [0.717, 1.165) is 10.2 Å². The Labute approximate surface area is 56.2 Å². The first-order valence-corrected chi connectivity index (χ1v) is 3.41. The standard InChI is InChI=1S/C6H3N2S/c1-3-7-8-5-2-4-9-6(1)5/h2-4H. The minimum Gasteiger partial charge on any atom is -0.158 e. The molecule has 0 aliphatic rings. The summed E-state index contributed by atoms with van der Waals surface area (Å²) < 4.78 is 1.07. The predicted octanol–water partition coefficient (Wildman–Crippen LogP) is 1.49. The van der Waals surface area contributed by atoms with E-state index in [4.69, 9.17) is 0 Å². The molecule has 1 radical (unpaired) electrons. The summed E-state index contributed by atoms with van der Waals surface area (Å²) in [5, 5.41) is 9.54. The van der Waals surface area contributed by atoms with Crippen LogP contribution in [0.4, 0.5) is 0 Å². The van der Waals surface area contributed by atoms with Crippen LogP contribution in [0.15, 0.2) is 17.6 Å². The number of aromatic nitrogens is 2. The quantitative estimate of drug-likeness (QED) is 0.547. The highest BCUT2D eigenvalue weighted by atomic mass is 32.1. The summed E-state index contributed by atoms with van der Waals surface area (Å²) in [7, 11) is 0. The van der Waals surface area contributed by atoms with E-state index in [1.807, 2.05) is 11.4 Å². The number of thiophene rings is 1. The van der Waals surface area contributed by atoms with Crippen LogP contribution < -0.4 is 0 Å². The van der Waals surface area contributed by atoms with Crippen molar-refractivity contribution >= 4 is 21.6 Å². The second-order valence-corrected chi connectivity index (χ2v) is 2.54. The number of hydrogen-bond acceptors (Lipinski definition) is 3. The minimum atomic E-state index is 0.933. The molecule has 0 unspecified atom stereocenters. The Morgan fingerprint density at radius 1 is 1.56 bits per heavy atom. The zero-order valence-electron chi connectivity index (χ0n) is 4.53. The van der Waals surface area contributed by atoms with E-state index in [9.17, 15) is 0 Å². The Balaban J connectivity index is 2.95. The van der Waals surface area contributed by atoms with Gasteiger partial charge in [0.1, 0.15) is 5.52 Å². The van der Waals surface area contributed by atoms with Gasteiger partial charge in [-0.1, -0.05) is 0 Å². The molecule has 0 aliphatic heterocycles. The van der Waals surface area contributed by atoms with Gasteiger partial charge in [0.05, 0.1) is 10.9 Å². The average Bonchev–Trinajstić information content (AvgIpc) is 2.33. The lowest BCUT2D eigenvalue weighted by Crippen LogP contribution is -1.75. The van der Waals surface area contributed by atoms with E-state index in [1.165, 1.54) is 0 Å². The molecule has 0 aromatic carbocycles. The molecule has 2 nitrogen and oxygen atoms in total. The topological polar surface area (TPSA) is 25.8 Å². The molecule has 9 heavy (non-hydrogen) atoms. The van der Waals surface area contributed by atoms with E-state index in [1.54, 1.807) is 17.5 Å². The van der Waals surface area contributed by atoms with Crippen molar-refractivity contribution in [2.24, 2.45) is 0 Å². The van der Waals surface area contributed by atoms with Crippen LogP contribution in [0.5, 0.6) is 0 Å². The van der Waals surface area contributed by atoms with Crippen molar-refractivity contribution in [3.05, 3.63) is 23.7 Å². The van der Waals surface area contributed by atoms with Gasteiger partial charge in [0.2, 0.25) is 0 Å². The van der Waals surface area contributed by atoms with Crippen molar-refractivity contribution in [1.82, 2.24) is 10.2 Å². The maximum Gasteiger partial charge on any atom is 0.104 e. The summed E-state index contributed by atoms with van der Waals surface area (Å²) in [6, 6.07) is 4.91. The van der Waals surface area contributed by atoms with Gasteiger partial charge in [0, 0.05) is 6.07 Å². The smallest absolute Gasteiger partial charge is 0.104 e. The molecule has 2 aromatic rings. The molecule has 2 aromatic heterocycles. The first kappa shape index (κ1) is 4.88. The van der Waals surface area contributed by atoms with Crippen molar-refractivity contribution in [2.45, 2.75) is 0 Å². The average molecular weight is 135 g/mol. The van der Waals surface area contributed by atoms with Crippen LogP contribution in [-0.4, -0.2) is 10.2 Å². The van der Waals surface area contributed by atoms with Gasteiger partial charge in [-0.15, -0.1) is 16.4 Å². The Morgan fingerprint density at radius 2 is 2.56 bits per heavy atom. The summed E-state index contributed by atoms with van der Waals surface area (Å²) in [6.07, 6.45) is 1.58. The second kappa shape index (κ2) is 1.77. The molecule has 0 bridgehead atoms. The summed E-state index contributed by atoms with van der Waals surface area (Å²) in [6.45, 7) is 0. The molecule has 0 saturated carbocycles. The fourth-order valence-corrected chi connectivity index (χ4v) is 1.35. The molecule has 0 fully saturated rings. The lowest BCUT2D eigenvalue weighted by molar-refractivity contribution is 1.08. The van der Waals surface area contributed by atoms with Gasteiger partial charge in [0.25, 0.3) is 0 Å². The third-order valence-electron chi connectivity index (χ3n) is 1.06. The van der Waals surface area contributed by atoms with Crippen molar-refractivity contribution in [3.8, 4) is 0 Å². The van der Waals surface area contributed by atoms with E-state index < -0.39 is 0 Å². The van der Waals surface area contributed by atoms with E-state index in [-0.39, 0.29) is 0 Å². The van der Waals surface area contributed by atoms with Crippen molar-refractivity contribution in [2.75, 3.05) is 0 Å². The molecular weight excluding hydrogens is 132 g/mol. The number of fused-ring (bicyclic) bond motifs is 1. The second-order valence-electron chi connectivity index (χ2n) is 1.62. The van der Waals surface area contributed by atoms with Gasteiger partial charge in [-0.2, -0.15) is 5.10 Å². The number of rotatable bonds is 0. The van der Waals surface area contributed by atoms with E-state index in [2.05, 4.69) is 16.3 Å². The lowest BCUT2D eigenvalue weighted by atomic mass is 10.5. The predicted molar refractivity (Wildman–Crippen MR) is 36.3 cm³/mol. The highest BCUT2D eigenvalue weighted by molar-refractivity contribution is 7.17. The minimum absolute atomic E-state index is 0.933. The molecule has 0 aliphatic carbocycles. The Bertz CT molecular complexity index is 285. The van der Waals surface area contributed by atoms with Crippen LogP contribution >= 0.6 is 11.3 Å². The molecule has 0 saturated heterocycles. The largest absolute Gasteiger partial charge is 0.158 e. The zero-order valence-corrected chi connectivity index (χ0v) is 5.35.